The van der Waals surface area contributed by atoms with E-state index in [2.05, 4.69) is 10.2 Å². The number of aryl methyl sites for hydroxylation is 1. The summed E-state index contributed by atoms with van der Waals surface area (Å²) in [6.45, 7) is 7.71. The van der Waals surface area contributed by atoms with Crippen LogP contribution in [0.25, 0.3) is 5.69 Å². The van der Waals surface area contributed by atoms with Crippen molar-refractivity contribution < 1.29 is 4.79 Å². The number of benzene rings is 1. The van der Waals surface area contributed by atoms with E-state index in [1.807, 2.05) is 62.6 Å². The monoisotopic (exact) mass is 289 g/mol. The van der Waals surface area contributed by atoms with Crippen molar-refractivity contribution in [1.82, 2.24) is 14.8 Å². The van der Waals surface area contributed by atoms with Gasteiger partial charge in [0.1, 0.15) is 11.6 Å². The zero-order valence-electron chi connectivity index (χ0n) is 12.3. The summed E-state index contributed by atoms with van der Waals surface area (Å²) in [6.07, 6.45) is 0. The molecular weight excluding hydrogens is 270 g/mol. The van der Waals surface area contributed by atoms with Crippen molar-refractivity contribution >= 4 is 17.5 Å². The van der Waals surface area contributed by atoms with Crippen LogP contribution in [0.2, 0.25) is 0 Å². The third kappa shape index (κ3) is 3.28. The van der Waals surface area contributed by atoms with E-state index in [-0.39, 0.29) is 11.2 Å². The van der Waals surface area contributed by atoms with Gasteiger partial charge in [-0.1, -0.05) is 50.7 Å². The lowest BCUT2D eigenvalue weighted by Crippen LogP contribution is -2.22. The second kappa shape index (κ2) is 5.79. The SMILES string of the molecule is Cc1nnc(SCC(=O)C(C)(C)C)n1-c1ccccc1. The molecule has 1 aromatic carbocycles. The number of ketones is 1. The molecule has 0 saturated heterocycles. The molecule has 0 spiro atoms. The van der Waals surface area contributed by atoms with Crippen LogP contribution >= 0.6 is 11.8 Å². The fourth-order valence-corrected chi connectivity index (χ4v) is 2.82. The van der Waals surface area contributed by atoms with E-state index in [0.29, 0.717) is 5.75 Å². The highest BCUT2D eigenvalue weighted by molar-refractivity contribution is 7.99. The number of hydrogen-bond donors (Lipinski definition) is 0. The molecule has 106 valence electrons. The Balaban J connectivity index is 2.21. The van der Waals surface area contributed by atoms with Crippen LogP contribution in [0, 0.1) is 12.3 Å². The van der Waals surface area contributed by atoms with Crippen LogP contribution in [0.1, 0.15) is 26.6 Å². The van der Waals surface area contributed by atoms with Gasteiger partial charge in [-0.15, -0.1) is 10.2 Å². The second-order valence-electron chi connectivity index (χ2n) is 5.66. The Morgan fingerprint density at radius 3 is 2.45 bits per heavy atom. The third-order valence-electron chi connectivity index (χ3n) is 2.98. The molecule has 2 aromatic rings. The van der Waals surface area contributed by atoms with Crippen LogP contribution in [0.4, 0.5) is 0 Å². The van der Waals surface area contributed by atoms with Crippen molar-refractivity contribution in [2.24, 2.45) is 5.41 Å². The highest BCUT2D eigenvalue weighted by atomic mass is 32.2. The van der Waals surface area contributed by atoms with Crippen LogP contribution in [0.5, 0.6) is 0 Å². The van der Waals surface area contributed by atoms with E-state index in [4.69, 9.17) is 0 Å². The number of hydrogen-bond acceptors (Lipinski definition) is 4. The van der Waals surface area contributed by atoms with Gasteiger partial charge in [-0.3, -0.25) is 9.36 Å². The van der Waals surface area contributed by atoms with Gasteiger partial charge in [0.25, 0.3) is 0 Å². The van der Waals surface area contributed by atoms with Crippen LogP contribution in [-0.2, 0) is 4.79 Å². The lowest BCUT2D eigenvalue weighted by molar-refractivity contribution is -0.123. The van der Waals surface area contributed by atoms with Gasteiger partial charge in [-0.05, 0) is 19.1 Å². The summed E-state index contributed by atoms with van der Waals surface area (Å²) in [5, 5.41) is 9.04. The summed E-state index contributed by atoms with van der Waals surface area (Å²) in [5.74, 6) is 1.44. The van der Waals surface area contributed by atoms with Gasteiger partial charge in [0.05, 0.1) is 5.75 Å². The minimum absolute atomic E-state index is 0.211. The topological polar surface area (TPSA) is 47.8 Å². The zero-order chi connectivity index (χ0) is 14.8. The first kappa shape index (κ1) is 14.8. The molecule has 0 fully saturated rings. The molecule has 0 N–H and O–H groups in total. The highest BCUT2D eigenvalue weighted by Crippen LogP contribution is 2.25. The maximum atomic E-state index is 12.0. The Labute approximate surface area is 123 Å². The van der Waals surface area contributed by atoms with Crippen LogP contribution in [0.3, 0.4) is 0 Å². The summed E-state index contributed by atoms with van der Waals surface area (Å²) in [4.78, 5) is 12.0. The van der Waals surface area contributed by atoms with Gasteiger partial charge in [-0.25, -0.2) is 0 Å². The van der Waals surface area contributed by atoms with Gasteiger partial charge in [0.15, 0.2) is 5.16 Å². The zero-order valence-corrected chi connectivity index (χ0v) is 13.1. The molecule has 5 heteroatoms. The van der Waals surface area contributed by atoms with E-state index in [9.17, 15) is 4.79 Å². The predicted molar refractivity (Wildman–Crippen MR) is 81.3 cm³/mol. The Morgan fingerprint density at radius 2 is 1.85 bits per heavy atom. The van der Waals surface area contributed by atoms with Gasteiger partial charge < -0.3 is 0 Å². The van der Waals surface area contributed by atoms with Crippen molar-refractivity contribution in [2.45, 2.75) is 32.9 Å². The molecule has 0 unspecified atom stereocenters. The number of Topliss-reactive ketones (excluding diaryl/α,β-unsaturated/α-hetero) is 1. The van der Waals surface area contributed by atoms with E-state index in [1.54, 1.807) is 0 Å². The van der Waals surface area contributed by atoms with Crippen molar-refractivity contribution in [1.29, 1.82) is 0 Å². The fraction of sp³-hybridized carbons (Fsp3) is 0.400. The van der Waals surface area contributed by atoms with Crippen molar-refractivity contribution in [3.8, 4) is 5.69 Å². The quantitative estimate of drug-likeness (QED) is 0.810. The molecule has 0 saturated carbocycles. The number of aromatic nitrogens is 3. The first-order valence-electron chi connectivity index (χ1n) is 6.53. The number of nitrogens with zero attached hydrogens (tertiary/aromatic N) is 3. The molecule has 0 aliphatic rings. The predicted octanol–water partition coefficient (Wildman–Crippen LogP) is 3.28. The van der Waals surface area contributed by atoms with Crippen molar-refractivity contribution in [3.63, 3.8) is 0 Å². The van der Waals surface area contributed by atoms with Gasteiger partial charge >= 0.3 is 0 Å². The summed E-state index contributed by atoms with van der Waals surface area (Å²) in [7, 11) is 0. The molecule has 1 heterocycles. The van der Waals surface area contributed by atoms with E-state index in [1.165, 1.54) is 11.8 Å². The second-order valence-corrected chi connectivity index (χ2v) is 6.61. The van der Waals surface area contributed by atoms with Crippen LogP contribution in [-0.4, -0.2) is 26.3 Å². The van der Waals surface area contributed by atoms with Crippen molar-refractivity contribution in [2.75, 3.05) is 5.75 Å². The van der Waals surface area contributed by atoms with E-state index >= 15 is 0 Å². The van der Waals surface area contributed by atoms with Crippen molar-refractivity contribution in [3.05, 3.63) is 36.2 Å². The summed E-state index contributed by atoms with van der Waals surface area (Å²) in [5.41, 5.74) is 0.695. The number of carbonyl (C=O) groups is 1. The third-order valence-corrected chi connectivity index (χ3v) is 3.91. The smallest absolute Gasteiger partial charge is 0.196 e. The molecule has 0 atom stereocenters. The molecule has 1 aromatic heterocycles. The van der Waals surface area contributed by atoms with Crippen LogP contribution in [0.15, 0.2) is 35.5 Å². The minimum Gasteiger partial charge on any atom is -0.298 e. The molecular formula is C15H19N3OS. The minimum atomic E-state index is -0.320. The maximum Gasteiger partial charge on any atom is 0.196 e. The van der Waals surface area contributed by atoms with E-state index < -0.39 is 0 Å². The number of para-hydroxylation sites is 1. The highest BCUT2D eigenvalue weighted by Gasteiger charge is 2.22. The molecule has 4 nitrogen and oxygen atoms in total. The lowest BCUT2D eigenvalue weighted by Gasteiger charge is -2.16. The standard InChI is InChI=1S/C15H19N3OS/c1-11-16-17-14(20-10-13(19)15(2,3)4)18(11)12-8-6-5-7-9-12/h5-9H,10H2,1-4H3. The Bertz CT molecular complexity index is 599. The molecule has 20 heavy (non-hydrogen) atoms. The maximum absolute atomic E-state index is 12.0. The molecule has 2 rings (SSSR count). The lowest BCUT2D eigenvalue weighted by atomic mass is 9.92. The number of carbonyl (C=O) groups excluding carboxylic acids is 1. The Kier molecular flexibility index (Phi) is 4.28. The first-order valence-corrected chi connectivity index (χ1v) is 7.51. The number of thioether (sulfide) groups is 1. The van der Waals surface area contributed by atoms with Crippen LogP contribution < -0.4 is 0 Å². The molecule has 0 aliphatic carbocycles. The summed E-state index contributed by atoms with van der Waals surface area (Å²) in [6, 6.07) is 9.93. The summed E-state index contributed by atoms with van der Waals surface area (Å²) >= 11 is 1.44. The average Bonchev–Trinajstić information content (AvgIpc) is 2.77. The normalized spacial score (nSPS) is 11.6. The van der Waals surface area contributed by atoms with Gasteiger partial charge in [-0.2, -0.15) is 0 Å². The summed E-state index contributed by atoms with van der Waals surface area (Å²) < 4.78 is 1.97. The van der Waals surface area contributed by atoms with Gasteiger partial charge in [0, 0.05) is 11.1 Å². The van der Waals surface area contributed by atoms with Gasteiger partial charge in [0.2, 0.25) is 0 Å². The molecule has 0 radical (unpaired) electrons. The Hall–Kier alpha value is -1.62. The molecule has 0 bridgehead atoms. The molecule has 0 amide bonds. The molecule has 0 aliphatic heterocycles. The average molecular weight is 289 g/mol. The Morgan fingerprint density at radius 1 is 1.20 bits per heavy atom. The van der Waals surface area contributed by atoms with E-state index in [0.717, 1.165) is 16.7 Å². The number of rotatable bonds is 4. The first-order chi connectivity index (χ1) is 9.39. The fourth-order valence-electron chi connectivity index (χ4n) is 1.66. The largest absolute Gasteiger partial charge is 0.298 e.